The fraction of sp³-hybridized carbons (Fsp3) is 0.190. The molecule has 1 saturated heterocycles. The Morgan fingerprint density at radius 2 is 1.87 bits per heavy atom. The molecular formula is C21H16F2N2O5. The van der Waals surface area contributed by atoms with Crippen molar-refractivity contribution in [3.8, 4) is 5.75 Å². The van der Waals surface area contributed by atoms with E-state index in [9.17, 15) is 23.2 Å². The molecule has 3 aromatic rings. The number of hydrogen-bond acceptors (Lipinski definition) is 5. The van der Waals surface area contributed by atoms with Gasteiger partial charge in [-0.25, -0.2) is 18.4 Å². The maximum Gasteiger partial charge on any atom is 0.336 e. The summed E-state index contributed by atoms with van der Waals surface area (Å²) in [6, 6.07) is 7.86. The molecular weight excluding hydrogens is 398 g/mol. The van der Waals surface area contributed by atoms with Gasteiger partial charge in [-0.1, -0.05) is 0 Å². The monoisotopic (exact) mass is 414 g/mol. The van der Waals surface area contributed by atoms with E-state index in [1.165, 1.54) is 26.2 Å². The van der Waals surface area contributed by atoms with Crippen LogP contribution in [0.15, 0.2) is 51.7 Å². The Morgan fingerprint density at radius 3 is 2.60 bits per heavy atom. The average Bonchev–Trinajstić information content (AvgIpc) is 2.92. The van der Waals surface area contributed by atoms with Crippen molar-refractivity contribution in [1.29, 1.82) is 0 Å². The number of nitrogens with one attached hydrogen (secondary N) is 1. The van der Waals surface area contributed by atoms with Gasteiger partial charge >= 0.3 is 11.7 Å². The van der Waals surface area contributed by atoms with E-state index in [2.05, 4.69) is 5.32 Å². The van der Waals surface area contributed by atoms with Crippen LogP contribution in [-0.4, -0.2) is 23.9 Å². The van der Waals surface area contributed by atoms with E-state index in [4.69, 9.17) is 9.15 Å². The standard InChI is InChI=1S/C21H16F2N2O5/c1-21(15-8-12(22)3-6-16(15)23)19(27)25(20(28)24-21)10-11-7-18(26)30-17-9-13(29-2)4-5-14(11)17/h3-9H,10H2,1-2H3,(H,24,28)/t21-/m1/s1. The highest BCUT2D eigenvalue weighted by atomic mass is 19.1. The molecule has 0 bridgehead atoms. The lowest BCUT2D eigenvalue weighted by Gasteiger charge is -2.23. The molecule has 9 heteroatoms. The first kappa shape index (κ1) is 19.6. The molecule has 0 radical (unpaired) electrons. The lowest BCUT2D eigenvalue weighted by atomic mass is 9.91. The molecule has 1 fully saturated rings. The summed E-state index contributed by atoms with van der Waals surface area (Å²) >= 11 is 0. The normalized spacial score (nSPS) is 18.7. The summed E-state index contributed by atoms with van der Waals surface area (Å²) in [5, 5.41) is 2.93. The highest BCUT2D eigenvalue weighted by molar-refractivity contribution is 6.07. The minimum Gasteiger partial charge on any atom is -0.497 e. The van der Waals surface area contributed by atoms with Crippen molar-refractivity contribution < 1.29 is 27.5 Å². The quantitative estimate of drug-likeness (QED) is 0.524. The summed E-state index contributed by atoms with van der Waals surface area (Å²) in [4.78, 5) is 38.4. The largest absolute Gasteiger partial charge is 0.497 e. The molecule has 0 unspecified atom stereocenters. The van der Waals surface area contributed by atoms with Crippen LogP contribution in [0, 0.1) is 11.6 Å². The maximum atomic E-state index is 14.3. The van der Waals surface area contributed by atoms with E-state index < -0.39 is 34.7 Å². The minimum absolute atomic E-state index is 0.225. The molecule has 0 aliphatic carbocycles. The Balaban J connectivity index is 1.74. The van der Waals surface area contributed by atoms with Crippen LogP contribution in [0.4, 0.5) is 13.6 Å². The summed E-state index contributed by atoms with van der Waals surface area (Å²) in [7, 11) is 1.46. The van der Waals surface area contributed by atoms with Gasteiger partial charge in [0.25, 0.3) is 5.91 Å². The third-order valence-corrected chi connectivity index (χ3v) is 5.11. The number of halogens is 2. The Hall–Kier alpha value is -3.75. The molecule has 154 valence electrons. The van der Waals surface area contributed by atoms with Crippen molar-refractivity contribution in [2.24, 2.45) is 0 Å². The van der Waals surface area contributed by atoms with E-state index in [1.54, 1.807) is 12.1 Å². The second-order valence-corrected chi connectivity index (χ2v) is 7.02. The zero-order chi connectivity index (χ0) is 21.6. The zero-order valence-corrected chi connectivity index (χ0v) is 16.0. The molecule has 1 aliphatic heterocycles. The number of fused-ring (bicyclic) bond motifs is 1. The van der Waals surface area contributed by atoms with Crippen LogP contribution in [0.5, 0.6) is 5.75 Å². The van der Waals surface area contributed by atoms with Crippen LogP contribution in [0.3, 0.4) is 0 Å². The van der Waals surface area contributed by atoms with E-state index in [-0.39, 0.29) is 17.7 Å². The molecule has 3 amide bonds. The van der Waals surface area contributed by atoms with Gasteiger partial charge in [0.1, 0.15) is 28.5 Å². The fourth-order valence-corrected chi connectivity index (χ4v) is 3.54. The Bertz CT molecular complexity index is 1260. The van der Waals surface area contributed by atoms with Gasteiger partial charge in [-0.2, -0.15) is 0 Å². The van der Waals surface area contributed by atoms with Crippen LogP contribution in [0.2, 0.25) is 0 Å². The SMILES string of the molecule is COc1ccc2c(CN3C(=O)N[C@](C)(c4cc(F)ccc4F)C3=O)cc(=O)oc2c1. The number of benzene rings is 2. The predicted molar refractivity (Wildman–Crippen MR) is 102 cm³/mol. The number of imide groups is 1. The number of nitrogens with zero attached hydrogens (tertiary/aromatic N) is 1. The van der Waals surface area contributed by atoms with Crippen molar-refractivity contribution in [2.75, 3.05) is 7.11 Å². The Kier molecular flexibility index (Phi) is 4.53. The van der Waals surface area contributed by atoms with Gasteiger partial charge in [0.15, 0.2) is 0 Å². The van der Waals surface area contributed by atoms with Crippen molar-refractivity contribution in [2.45, 2.75) is 19.0 Å². The van der Waals surface area contributed by atoms with Crippen LogP contribution in [0.25, 0.3) is 11.0 Å². The van der Waals surface area contributed by atoms with Crippen LogP contribution in [0.1, 0.15) is 18.1 Å². The zero-order valence-electron chi connectivity index (χ0n) is 16.0. The summed E-state index contributed by atoms with van der Waals surface area (Å²) < 4.78 is 38.2. The number of carbonyl (C=O) groups excluding carboxylic acids is 2. The van der Waals surface area contributed by atoms with Gasteiger partial charge in [-0.3, -0.25) is 9.69 Å². The van der Waals surface area contributed by atoms with Crippen molar-refractivity contribution in [3.63, 3.8) is 0 Å². The van der Waals surface area contributed by atoms with Gasteiger partial charge in [-0.15, -0.1) is 0 Å². The molecule has 1 atom stereocenters. The average molecular weight is 414 g/mol. The van der Waals surface area contributed by atoms with Crippen LogP contribution in [-0.2, 0) is 16.9 Å². The van der Waals surface area contributed by atoms with E-state index in [0.29, 0.717) is 16.7 Å². The minimum atomic E-state index is -1.79. The van der Waals surface area contributed by atoms with Gasteiger partial charge in [-0.05, 0) is 42.8 Å². The Morgan fingerprint density at radius 1 is 1.10 bits per heavy atom. The van der Waals surface area contributed by atoms with Crippen LogP contribution >= 0.6 is 0 Å². The summed E-state index contributed by atoms with van der Waals surface area (Å²) in [5.74, 6) is -1.88. The van der Waals surface area contributed by atoms with Crippen LogP contribution < -0.4 is 15.7 Å². The molecule has 0 saturated carbocycles. The number of hydrogen-bond donors (Lipinski definition) is 1. The first-order valence-corrected chi connectivity index (χ1v) is 8.93. The first-order valence-electron chi connectivity index (χ1n) is 8.93. The smallest absolute Gasteiger partial charge is 0.336 e. The lowest BCUT2D eigenvalue weighted by molar-refractivity contribution is -0.131. The Labute approximate surface area is 168 Å². The highest BCUT2D eigenvalue weighted by Crippen LogP contribution is 2.33. The second kappa shape index (κ2) is 6.94. The molecule has 30 heavy (non-hydrogen) atoms. The van der Waals surface area contributed by atoms with E-state index in [1.807, 2.05) is 0 Å². The highest BCUT2D eigenvalue weighted by Gasteiger charge is 2.50. The number of urea groups is 1. The van der Waals surface area contributed by atoms with Crippen molar-refractivity contribution in [3.05, 3.63) is 75.6 Å². The summed E-state index contributed by atoms with van der Waals surface area (Å²) in [6.45, 7) is 1.04. The van der Waals surface area contributed by atoms with Gasteiger partial charge in [0.05, 0.1) is 13.7 Å². The van der Waals surface area contributed by atoms with Crippen molar-refractivity contribution >= 4 is 22.9 Å². The molecule has 4 rings (SSSR count). The third-order valence-electron chi connectivity index (χ3n) is 5.11. The maximum absolute atomic E-state index is 14.3. The predicted octanol–water partition coefficient (Wildman–Crippen LogP) is 3.05. The molecule has 1 aromatic heterocycles. The molecule has 0 spiro atoms. The van der Waals surface area contributed by atoms with Gasteiger partial charge in [0.2, 0.25) is 0 Å². The second-order valence-electron chi connectivity index (χ2n) is 7.02. The summed E-state index contributed by atoms with van der Waals surface area (Å²) in [5.41, 5.74) is -2.16. The number of ether oxygens (including phenoxy) is 1. The molecule has 7 nitrogen and oxygen atoms in total. The molecule has 1 N–H and O–H groups in total. The fourth-order valence-electron chi connectivity index (χ4n) is 3.54. The number of rotatable bonds is 4. The summed E-state index contributed by atoms with van der Waals surface area (Å²) in [6.07, 6.45) is 0. The number of amides is 3. The van der Waals surface area contributed by atoms with Crippen molar-refractivity contribution in [1.82, 2.24) is 10.2 Å². The molecule has 2 heterocycles. The van der Waals surface area contributed by atoms with Gasteiger partial charge < -0.3 is 14.5 Å². The van der Waals surface area contributed by atoms with E-state index in [0.717, 1.165) is 23.1 Å². The number of carbonyl (C=O) groups is 2. The number of methoxy groups -OCH3 is 1. The van der Waals surface area contributed by atoms with E-state index >= 15 is 0 Å². The van der Waals surface area contributed by atoms with Gasteiger partial charge in [0, 0.05) is 23.1 Å². The first-order chi connectivity index (χ1) is 14.2. The lowest BCUT2D eigenvalue weighted by Crippen LogP contribution is -2.41. The third kappa shape index (κ3) is 3.08. The topological polar surface area (TPSA) is 88.9 Å². The molecule has 1 aliphatic rings. The molecule has 2 aromatic carbocycles.